The number of hydrogen-bond donors (Lipinski definition) is 1. The lowest BCUT2D eigenvalue weighted by Gasteiger charge is -2.18. The van der Waals surface area contributed by atoms with Gasteiger partial charge in [-0.25, -0.2) is 0 Å². The van der Waals surface area contributed by atoms with Crippen molar-refractivity contribution in [2.75, 3.05) is 5.32 Å². The summed E-state index contributed by atoms with van der Waals surface area (Å²) in [4.78, 5) is 0. The highest BCUT2D eigenvalue weighted by Gasteiger charge is 2.10. The van der Waals surface area contributed by atoms with Gasteiger partial charge in [0.25, 0.3) is 0 Å². The summed E-state index contributed by atoms with van der Waals surface area (Å²) in [5.41, 5.74) is 4.52. The van der Waals surface area contributed by atoms with Gasteiger partial charge in [-0.15, -0.1) is 0 Å². The molecule has 20 heavy (non-hydrogen) atoms. The minimum atomic E-state index is 0.226. The van der Waals surface area contributed by atoms with Crippen molar-refractivity contribution < 1.29 is 0 Å². The molecule has 3 heteroatoms. The fourth-order valence-electron chi connectivity index (χ4n) is 2.51. The zero-order valence-electron chi connectivity index (χ0n) is 11.7. The van der Waals surface area contributed by atoms with Crippen molar-refractivity contribution in [3.8, 4) is 0 Å². The highest BCUT2D eigenvalue weighted by atomic mass is 15.1. The number of nitrogens with one attached hydrogen (secondary N) is 1. The standard InChI is InChI=1S/C17H17N3/c1-12-7-3-4-8-14(12)13(2)19-17-11-18-20-16-10-6-5-9-15(16)17/h3-11,13H,1-2H3,(H,19,20). The van der Waals surface area contributed by atoms with Crippen LogP contribution >= 0.6 is 0 Å². The van der Waals surface area contributed by atoms with Crippen molar-refractivity contribution >= 4 is 16.6 Å². The molecular formula is C17H17N3. The number of rotatable bonds is 3. The van der Waals surface area contributed by atoms with E-state index >= 15 is 0 Å². The maximum atomic E-state index is 4.15. The molecule has 0 saturated carbocycles. The Morgan fingerprint density at radius 2 is 1.75 bits per heavy atom. The number of benzene rings is 2. The molecule has 0 bridgehead atoms. The average molecular weight is 263 g/mol. The molecule has 1 atom stereocenters. The molecule has 0 fully saturated rings. The van der Waals surface area contributed by atoms with E-state index in [0.717, 1.165) is 16.6 Å². The molecule has 0 aliphatic rings. The number of hydrogen-bond acceptors (Lipinski definition) is 3. The molecule has 3 rings (SSSR count). The van der Waals surface area contributed by atoms with Crippen LogP contribution in [0.2, 0.25) is 0 Å². The van der Waals surface area contributed by atoms with E-state index in [-0.39, 0.29) is 6.04 Å². The molecule has 0 aliphatic carbocycles. The Morgan fingerprint density at radius 3 is 2.60 bits per heavy atom. The first-order valence-electron chi connectivity index (χ1n) is 6.78. The van der Waals surface area contributed by atoms with E-state index in [4.69, 9.17) is 0 Å². The van der Waals surface area contributed by atoms with Crippen molar-refractivity contribution in [2.24, 2.45) is 0 Å². The zero-order chi connectivity index (χ0) is 13.9. The molecule has 1 N–H and O–H groups in total. The Hall–Kier alpha value is -2.42. The van der Waals surface area contributed by atoms with Crippen molar-refractivity contribution in [3.05, 3.63) is 65.9 Å². The van der Waals surface area contributed by atoms with Crippen LogP contribution in [-0.4, -0.2) is 10.2 Å². The van der Waals surface area contributed by atoms with Crippen LogP contribution in [0.3, 0.4) is 0 Å². The molecule has 0 saturated heterocycles. The summed E-state index contributed by atoms with van der Waals surface area (Å²) in [6.07, 6.45) is 1.79. The lowest BCUT2D eigenvalue weighted by molar-refractivity contribution is 0.872. The lowest BCUT2D eigenvalue weighted by atomic mass is 10.0. The normalized spacial score (nSPS) is 12.3. The second kappa shape index (κ2) is 5.29. The summed E-state index contributed by atoms with van der Waals surface area (Å²) in [5, 5.41) is 12.9. The molecule has 1 unspecified atom stereocenters. The third kappa shape index (κ3) is 2.35. The van der Waals surface area contributed by atoms with Gasteiger partial charge >= 0.3 is 0 Å². The van der Waals surface area contributed by atoms with Gasteiger partial charge in [-0.3, -0.25) is 0 Å². The zero-order valence-corrected chi connectivity index (χ0v) is 11.7. The van der Waals surface area contributed by atoms with Crippen LogP contribution in [0.4, 0.5) is 5.69 Å². The van der Waals surface area contributed by atoms with Crippen LogP contribution in [-0.2, 0) is 0 Å². The second-order valence-corrected chi connectivity index (χ2v) is 5.00. The topological polar surface area (TPSA) is 37.8 Å². The molecule has 3 aromatic rings. The molecule has 1 aromatic heterocycles. The Morgan fingerprint density at radius 1 is 1.00 bits per heavy atom. The SMILES string of the molecule is Cc1ccccc1C(C)Nc1cnnc2ccccc12. The van der Waals surface area contributed by atoms with Crippen molar-refractivity contribution in [3.63, 3.8) is 0 Å². The Kier molecular flexibility index (Phi) is 3.33. The van der Waals surface area contributed by atoms with Crippen LogP contribution in [0.5, 0.6) is 0 Å². The molecule has 0 radical (unpaired) electrons. The van der Waals surface area contributed by atoms with Gasteiger partial charge in [-0.2, -0.15) is 10.2 Å². The maximum absolute atomic E-state index is 4.15. The Labute approximate surface area is 118 Å². The van der Waals surface area contributed by atoms with Gasteiger partial charge in [-0.05, 0) is 31.0 Å². The smallest absolute Gasteiger partial charge is 0.0950 e. The predicted molar refractivity (Wildman–Crippen MR) is 82.8 cm³/mol. The fraction of sp³-hybridized carbons (Fsp3) is 0.176. The Balaban J connectivity index is 1.96. The summed E-state index contributed by atoms with van der Waals surface area (Å²) < 4.78 is 0. The van der Waals surface area contributed by atoms with Gasteiger partial charge in [-0.1, -0.05) is 42.5 Å². The molecular weight excluding hydrogens is 246 g/mol. The first-order valence-corrected chi connectivity index (χ1v) is 6.78. The second-order valence-electron chi connectivity index (χ2n) is 5.00. The van der Waals surface area contributed by atoms with E-state index in [1.54, 1.807) is 6.20 Å². The van der Waals surface area contributed by atoms with E-state index in [2.05, 4.69) is 59.7 Å². The number of nitrogens with zero attached hydrogens (tertiary/aromatic N) is 2. The monoisotopic (exact) mass is 263 g/mol. The molecule has 0 spiro atoms. The fourth-order valence-corrected chi connectivity index (χ4v) is 2.51. The first kappa shape index (κ1) is 12.6. The summed E-state index contributed by atoms with van der Waals surface area (Å²) in [7, 11) is 0. The average Bonchev–Trinajstić information content (AvgIpc) is 2.48. The highest BCUT2D eigenvalue weighted by molar-refractivity contribution is 5.90. The van der Waals surface area contributed by atoms with E-state index in [0.29, 0.717) is 0 Å². The summed E-state index contributed by atoms with van der Waals surface area (Å²) in [5.74, 6) is 0. The Bertz CT molecular complexity index is 732. The first-order chi connectivity index (χ1) is 9.75. The highest BCUT2D eigenvalue weighted by Crippen LogP contribution is 2.26. The molecule has 2 aromatic carbocycles. The van der Waals surface area contributed by atoms with E-state index < -0.39 is 0 Å². The molecule has 0 amide bonds. The lowest BCUT2D eigenvalue weighted by Crippen LogP contribution is -2.09. The summed E-state index contributed by atoms with van der Waals surface area (Å²) >= 11 is 0. The van der Waals surface area contributed by atoms with E-state index in [1.807, 2.05) is 18.2 Å². The van der Waals surface area contributed by atoms with Gasteiger partial charge in [0, 0.05) is 11.4 Å². The number of aromatic nitrogens is 2. The van der Waals surface area contributed by atoms with Gasteiger partial charge in [0.1, 0.15) is 0 Å². The molecule has 1 heterocycles. The van der Waals surface area contributed by atoms with Gasteiger partial charge in [0.2, 0.25) is 0 Å². The quantitative estimate of drug-likeness (QED) is 0.772. The molecule has 3 nitrogen and oxygen atoms in total. The predicted octanol–water partition coefficient (Wildman–Crippen LogP) is 4.11. The minimum Gasteiger partial charge on any atom is -0.377 e. The third-order valence-electron chi connectivity index (χ3n) is 3.57. The van der Waals surface area contributed by atoms with Gasteiger partial charge < -0.3 is 5.32 Å². The largest absolute Gasteiger partial charge is 0.377 e. The maximum Gasteiger partial charge on any atom is 0.0950 e. The number of aryl methyl sites for hydroxylation is 1. The molecule has 100 valence electrons. The van der Waals surface area contributed by atoms with Crippen LogP contribution in [0, 0.1) is 6.92 Å². The third-order valence-corrected chi connectivity index (χ3v) is 3.57. The van der Waals surface area contributed by atoms with Crippen LogP contribution in [0.25, 0.3) is 10.9 Å². The van der Waals surface area contributed by atoms with E-state index in [1.165, 1.54) is 11.1 Å². The number of anilines is 1. The minimum absolute atomic E-state index is 0.226. The van der Waals surface area contributed by atoms with Crippen LogP contribution < -0.4 is 5.32 Å². The number of fused-ring (bicyclic) bond motifs is 1. The summed E-state index contributed by atoms with van der Waals surface area (Å²) in [6.45, 7) is 4.30. The molecule has 0 aliphatic heterocycles. The van der Waals surface area contributed by atoms with Crippen LogP contribution in [0.15, 0.2) is 54.7 Å². The van der Waals surface area contributed by atoms with E-state index in [9.17, 15) is 0 Å². The van der Waals surface area contributed by atoms with Crippen LogP contribution in [0.1, 0.15) is 24.1 Å². The van der Waals surface area contributed by atoms with Crippen molar-refractivity contribution in [2.45, 2.75) is 19.9 Å². The van der Waals surface area contributed by atoms with Gasteiger partial charge in [0.15, 0.2) is 0 Å². The summed E-state index contributed by atoms with van der Waals surface area (Å²) in [6, 6.07) is 16.7. The van der Waals surface area contributed by atoms with Crippen molar-refractivity contribution in [1.29, 1.82) is 0 Å². The van der Waals surface area contributed by atoms with Gasteiger partial charge in [0.05, 0.1) is 17.4 Å². The van der Waals surface area contributed by atoms with Crippen molar-refractivity contribution in [1.82, 2.24) is 10.2 Å².